The lowest BCUT2D eigenvalue weighted by atomic mass is 10.3. The van der Waals surface area contributed by atoms with Gasteiger partial charge in [0.15, 0.2) is 0 Å². The molecule has 2 aromatic rings. The third-order valence-corrected chi connectivity index (χ3v) is 5.04. The lowest BCUT2D eigenvalue weighted by Crippen LogP contribution is -2.32. The Kier molecular flexibility index (Phi) is 6.14. The second-order valence-corrected chi connectivity index (χ2v) is 7.00. The third kappa shape index (κ3) is 5.10. The zero-order valence-electron chi connectivity index (χ0n) is 12.2. The van der Waals surface area contributed by atoms with Crippen molar-refractivity contribution >= 4 is 29.0 Å². The van der Waals surface area contributed by atoms with Gasteiger partial charge in [0.25, 0.3) is 0 Å². The highest BCUT2D eigenvalue weighted by atomic mass is 32.2. The molecule has 1 amide bonds. The Morgan fingerprint density at radius 1 is 1.33 bits per heavy atom. The van der Waals surface area contributed by atoms with Crippen LogP contribution >= 0.6 is 23.1 Å². The first kappa shape index (κ1) is 15.9. The van der Waals surface area contributed by atoms with Crippen LogP contribution in [-0.2, 0) is 11.2 Å². The second kappa shape index (κ2) is 8.10. The number of hydrogen-bond donors (Lipinski definition) is 1. The van der Waals surface area contributed by atoms with Crippen molar-refractivity contribution in [2.24, 2.45) is 0 Å². The van der Waals surface area contributed by atoms with Gasteiger partial charge in [-0.05, 0) is 49.1 Å². The molecular weight excluding hydrogens is 302 g/mol. The maximum Gasteiger partial charge on any atom is 0.233 e. The highest BCUT2D eigenvalue weighted by Gasteiger charge is 2.13. The van der Waals surface area contributed by atoms with Crippen LogP contribution in [-0.4, -0.2) is 24.8 Å². The smallest absolute Gasteiger partial charge is 0.233 e. The predicted molar refractivity (Wildman–Crippen MR) is 89.3 cm³/mol. The van der Waals surface area contributed by atoms with Gasteiger partial charge in [0, 0.05) is 16.3 Å². The van der Waals surface area contributed by atoms with Crippen molar-refractivity contribution in [2.45, 2.75) is 23.5 Å². The van der Waals surface area contributed by atoms with Gasteiger partial charge in [-0.2, -0.15) is 0 Å². The summed E-state index contributed by atoms with van der Waals surface area (Å²) in [5.74, 6) is 0.903. The molecule has 1 heterocycles. The van der Waals surface area contributed by atoms with Gasteiger partial charge in [-0.15, -0.1) is 23.1 Å². The van der Waals surface area contributed by atoms with Gasteiger partial charge in [-0.25, -0.2) is 0 Å². The molecule has 1 aromatic heterocycles. The summed E-state index contributed by atoms with van der Waals surface area (Å²) in [5, 5.41) is 4.93. The molecule has 1 atom stereocenters. The van der Waals surface area contributed by atoms with E-state index in [0.717, 1.165) is 17.1 Å². The van der Waals surface area contributed by atoms with Crippen LogP contribution in [0.1, 0.15) is 11.8 Å². The number of rotatable bonds is 7. The molecule has 0 aliphatic rings. The van der Waals surface area contributed by atoms with E-state index < -0.39 is 0 Å². The van der Waals surface area contributed by atoms with Gasteiger partial charge in [-0.3, -0.25) is 4.79 Å². The van der Waals surface area contributed by atoms with Gasteiger partial charge in [0.2, 0.25) is 5.91 Å². The van der Waals surface area contributed by atoms with Crippen LogP contribution in [0.5, 0.6) is 5.75 Å². The zero-order valence-corrected chi connectivity index (χ0v) is 13.8. The first-order chi connectivity index (χ1) is 10.2. The summed E-state index contributed by atoms with van der Waals surface area (Å²) < 4.78 is 5.12. The second-order valence-electron chi connectivity index (χ2n) is 4.56. The minimum Gasteiger partial charge on any atom is -0.497 e. The van der Waals surface area contributed by atoms with Gasteiger partial charge in [0.05, 0.1) is 12.4 Å². The van der Waals surface area contributed by atoms with Crippen molar-refractivity contribution in [2.75, 3.05) is 13.7 Å². The summed E-state index contributed by atoms with van der Waals surface area (Å²) in [6.45, 7) is 2.61. The zero-order chi connectivity index (χ0) is 15.1. The Hall–Kier alpha value is -1.46. The van der Waals surface area contributed by atoms with Crippen LogP contribution in [0.2, 0.25) is 0 Å². The predicted octanol–water partition coefficient (Wildman–Crippen LogP) is 3.60. The molecule has 0 radical (unpaired) electrons. The number of ether oxygens (including phenoxy) is 1. The first-order valence-corrected chi connectivity index (χ1v) is 8.56. The molecule has 1 N–H and O–H groups in total. The van der Waals surface area contributed by atoms with E-state index in [0.29, 0.717) is 6.54 Å². The van der Waals surface area contributed by atoms with Crippen molar-refractivity contribution in [3.63, 3.8) is 0 Å². The average Bonchev–Trinajstić information content (AvgIpc) is 3.01. The molecule has 0 saturated carbocycles. The molecule has 112 valence electrons. The van der Waals surface area contributed by atoms with Crippen LogP contribution in [0.4, 0.5) is 0 Å². The van der Waals surface area contributed by atoms with Crippen molar-refractivity contribution in [3.05, 3.63) is 46.7 Å². The number of nitrogens with one attached hydrogen (secondary N) is 1. The third-order valence-electron chi connectivity index (χ3n) is 2.99. The number of methoxy groups -OCH3 is 1. The van der Waals surface area contributed by atoms with Crippen LogP contribution in [0, 0.1) is 0 Å². The molecule has 0 aliphatic carbocycles. The number of thiophene rings is 1. The summed E-state index contributed by atoms with van der Waals surface area (Å²) in [7, 11) is 1.64. The number of carbonyl (C=O) groups excluding carboxylic acids is 1. The Bertz CT molecular complexity index is 552. The van der Waals surface area contributed by atoms with Crippen molar-refractivity contribution in [1.29, 1.82) is 0 Å². The maximum atomic E-state index is 12.0. The highest BCUT2D eigenvalue weighted by molar-refractivity contribution is 8.00. The molecule has 0 spiro atoms. The normalized spacial score (nSPS) is 11.9. The molecule has 0 aliphatic heterocycles. The fourth-order valence-electron chi connectivity index (χ4n) is 1.82. The van der Waals surface area contributed by atoms with Gasteiger partial charge < -0.3 is 10.1 Å². The lowest BCUT2D eigenvalue weighted by Gasteiger charge is -2.12. The Morgan fingerprint density at radius 3 is 2.71 bits per heavy atom. The minimum absolute atomic E-state index is 0.0763. The number of carbonyl (C=O) groups is 1. The fraction of sp³-hybridized carbons (Fsp3) is 0.312. The average molecular weight is 321 g/mol. The Labute approximate surface area is 133 Å². The number of benzene rings is 1. The van der Waals surface area contributed by atoms with E-state index in [2.05, 4.69) is 16.8 Å². The Morgan fingerprint density at radius 2 is 2.10 bits per heavy atom. The maximum absolute atomic E-state index is 12.0. The number of hydrogen-bond acceptors (Lipinski definition) is 4. The largest absolute Gasteiger partial charge is 0.497 e. The van der Waals surface area contributed by atoms with E-state index >= 15 is 0 Å². The van der Waals surface area contributed by atoms with Crippen LogP contribution in [0.25, 0.3) is 0 Å². The van der Waals surface area contributed by atoms with Gasteiger partial charge in [0.1, 0.15) is 5.75 Å². The quantitative estimate of drug-likeness (QED) is 0.792. The van der Waals surface area contributed by atoms with Crippen molar-refractivity contribution in [3.8, 4) is 5.75 Å². The van der Waals surface area contributed by atoms with E-state index in [4.69, 9.17) is 4.74 Å². The molecule has 0 bridgehead atoms. The first-order valence-electron chi connectivity index (χ1n) is 6.80. The number of amides is 1. The van der Waals surface area contributed by atoms with Gasteiger partial charge >= 0.3 is 0 Å². The lowest BCUT2D eigenvalue weighted by molar-refractivity contribution is -0.120. The molecule has 0 saturated heterocycles. The van der Waals surface area contributed by atoms with Crippen molar-refractivity contribution < 1.29 is 9.53 Å². The summed E-state index contributed by atoms with van der Waals surface area (Å²) in [5.41, 5.74) is 0. The van der Waals surface area contributed by atoms with Crippen LogP contribution in [0.15, 0.2) is 46.7 Å². The molecular formula is C16H19NO2S2. The topological polar surface area (TPSA) is 38.3 Å². The molecule has 5 heteroatoms. The summed E-state index contributed by atoms with van der Waals surface area (Å²) in [6.07, 6.45) is 0.892. The molecule has 21 heavy (non-hydrogen) atoms. The summed E-state index contributed by atoms with van der Waals surface area (Å²) in [4.78, 5) is 14.4. The monoisotopic (exact) mass is 321 g/mol. The van der Waals surface area contributed by atoms with Crippen molar-refractivity contribution in [1.82, 2.24) is 5.32 Å². The highest BCUT2D eigenvalue weighted by Crippen LogP contribution is 2.25. The molecule has 2 rings (SSSR count). The summed E-state index contributed by atoms with van der Waals surface area (Å²) in [6, 6.07) is 11.9. The van der Waals surface area contributed by atoms with E-state index in [9.17, 15) is 4.79 Å². The minimum atomic E-state index is -0.110. The Balaban J connectivity index is 1.76. The van der Waals surface area contributed by atoms with E-state index in [1.165, 1.54) is 4.88 Å². The van der Waals surface area contributed by atoms with Crippen LogP contribution in [0.3, 0.4) is 0 Å². The molecule has 1 aromatic carbocycles. The van der Waals surface area contributed by atoms with Gasteiger partial charge in [-0.1, -0.05) is 6.07 Å². The molecule has 0 fully saturated rings. The standard InChI is InChI=1S/C16H19NO2S2/c1-12(21-15-7-5-13(19-2)6-8-15)16(18)17-10-9-14-4-3-11-20-14/h3-8,11-12H,9-10H2,1-2H3,(H,17,18). The van der Waals surface area contributed by atoms with Crippen LogP contribution < -0.4 is 10.1 Å². The van der Waals surface area contributed by atoms with E-state index in [1.807, 2.05) is 37.3 Å². The molecule has 1 unspecified atom stereocenters. The SMILES string of the molecule is COc1ccc(SC(C)C(=O)NCCc2cccs2)cc1. The number of thioether (sulfide) groups is 1. The molecule has 3 nitrogen and oxygen atoms in total. The summed E-state index contributed by atoms with van der Waals surface area (Å²) >= 11 is 3.27. The fourth-order valence-corrected chi connectivity index (χ4v) is 3.42. The van der Waals surface area contributed by atoms with E-state index in [1.54, 1.807) is 30.2 Å². The van der Waals surface area contributed by atoms with E-state index in [-0.39, 0.29) is 11.2 Å².